The third-order valence-electron chi connectivity index (χ3n) is 3.21. The topological polar surface area (TPSA) is 32.3 Å². The summed E-state index contributed by atoms with van der Waals surface area (Å²) in [6.07, 6.45) is -0.898. The molecule has 1 unspecified atom stereocenters. The average Bonchev–Trinajstić information content (AvgIpc) is 2.42. The lowest BCUT2D eigenvalue weighted by Crippen LogP contribution is -2.13. The molecule has 106 valence electrons. The van der Waals surface area contributed by atoms with Crippen molar-refractivity contribution >= 4 is 5.69 Å². The van der Waals surface area contributed by atoms with E-state index in [2.05, 4.69) is 5.32 Å². The van der Waals surface area contributed by atoms with Crippen molar-refractivity contribution in [2.24, 2.45) is 0 Å². The zero-order valence-electron chi connectivity index (χ0n) is 11.5. The number of benzene rings is 2. The second kappa shape index (κ2) is 6.01. The lowest BCUT2D eigenvalue weighted by Gasteiger charge is -2.15. The molecule has 0 aromatic heterocycles. The number of nitrogens with one attached hydrogen (secondary N) is 1. The fourth-order valence-corrected chi connectivity index (χ4v) is 1.97. The molecule has 0 radical (unpaired) electrons. The van der Waals surface area contributed by atoms with Crippen LogP contribution in [0, 0.1) is 25.5 Å². The summed E-state index contributed by atoms with van der Waals surface area (Å²) in [5, 5.41) is 13.1. The van der Waals surface area contributed by atoms with Gasteiger partial charge in [0, 0.05) is 12.2 Å². The van der Waals surface area contributed by atoms with Gasteiger partial charge in [0.2, 0.25) is 0 Å². The lowest BCUT2D eigenvalue weighted by atomic mass is 10.1. The Balaban J connectivity index is 2.06. The summed E-state index contributed by atoms with van der Waals surface area (Å²) in [7, 11) is 0. The van der Waals surface area contributed by atoms with Gasteiger partial charge in [-0.15, -0.1) is 0 Å². The van der Waals surface area contributed by atoms with E-state index in [0.29, 0.717) is 5.56 Å². The van der Waals surface area contributed by atoms with Crippen LogP contribution in [0.25, 0.3) is 0 Å². The van der Waals surface area contributed by atoms with Crippen molar-refractivity contribution in [1.29, 1.82) is 0 Å². The number of hydrogen-bond acceptors (Lipinski definition) is 2. The van der Waals surface area contributed by atoms with Crippen molar-refractivity contribution in [3.05, 3.63) is 64.7 Å². The monoisotopic (exact) mass is 277 g/mol. The van der Waals surface area contributed by atoms with E-state index in [1.54, 1.807) is 0 Å². The van der Waals surface area contributed by atoms with E-state index < -0.39 is 17.7 Å². The summed E-state index contributed by atoms with van der Waals surface area (Å²) in [6.45, 7) is 4.18. The standard InChI is InChI=1S/C16H17F2NO/c1-10-3-4-11(2)15(7-10)19-9-16(20)12-5-6-13(17)14(18)8-12/h3-8,16,19-20H,9H2,1-2H3. The minimum atomic E-state index is -0.951. The van der Waals surface area contributed by atoms with E-state index in [0.717, 1.165) is 28.9 Å². The first-order valence-corrected chi connectivity index (χ1v) is 6.41. The Kier molecular flexibility index (Phi) is 4.35. The van der Waals surface area contributed by atoms with Crippen LogP contribution in [0.5, 0.6) is 0 Å². The normalized spacial score (nSPS) is 12.2. The molecule has 0 saturated heterocycles. The van der Waals surface area contributed by atoms with E-state index in [4.69, 9.17) is 0 Å². The summed E-state index contributed by atoms with van der Waals surface area (Å²) < 4.78 is 26.0. The summed E-state index contributed by atoms with van der Waals surface area (Å²) in [5.41, 5.74) is 3.45. The molecular weight excluding hydrogens is 260 g/mol. The fraction of sp³-hybridized carbons (Fsp3) is 0.250. The van der Waals surface area contributed by atoms with Gasteiger partial charge in [0.1, 0.15) is 0 Å². The number of rotatable bonds is 4. The van der Waals surface area contributed by atoms with Gasteiger partial charge in [-0.05, 0) is 48.7 Å². The maximum absolute atomic E-state index is 13.1. The van der Waals surface area contributed by atoms with Gasteiger partial charge < -0.3 is 10.4 Å². The quantitative estimate of drug-likeness (QED) is 0.892. The SMILES string of the molecule is Cc1ccc(C)c(NCC(O)c2ccc(F)c(F)c2)c1. The van der Waals surface area contributed by atoms with E-state index in [-0.39, 0.29) is 6.54 Å². The smallest absolute Gasteiger partial charge is 0.159 e. The Morgan fingerprint density at radius 3 is 2.50 bits per heavy atom. The number of aliphatic hydroxyl groups is 1. The summed E-state index contributed by atoms with van der Waals surface area (Å²) in [5.74, 6) is -1.86. The average molecular weight is 277 g/mol. The minimum Gasteiger partial charge on any atom is -0.387 e. The second-order valence-corrected chi connectivity index (χ2v) is 4.89. The molecular formula is C16H17F2NO. The van der Waals surface area contributed by atoms with Crippen LogP contribution in [0.4, 0.5) is 14.5 Å². The van der Waals surface area contributed by atoms with Crippen molar-refractivity contribution in [1.82, 2.24) is 0 Å². The molecule has 0 fully saturated rings. The third-order valence-corrected chi connectivity index (χ3v) is 3.21. The number of hydrogen-bond donors (Lipinski definition) is 2. The molecule has 0 bridgehead atoms. The first-order chi connectivity index (χ1) is 9.47. The van der Waals surface area contributed by atoms with Crippen molar-refractivity contribution < 1.29 is 13.9 Å². The molecule has 0 aliphatic heterocycles. The highest BCUT2D eigenvalue weighted by Gasteiger charge is 2.11. The number of aryl methyl sites for hydroxylation is 2. The minimum absolute atomic E-state index is 0.232. The maximum atomic E-state index is 13.1. The highest BCUT2D eigenvalue weighted by Crippen LogP contribution is 2.20. The van der Waals surface area contributed by atoms with Crippen LogP contribution < -0.4 is 5.32 Å². The van der Waals surface area contributed by atoms with Crippen molar-refractivity contribution in [2.45, 2.75) is 20.0 Å². The molecule has 2 nitrogen and oxygen atoms in total. The number of anilines is 1. The van der Waals surface area contributed by atoms with Crippen LogP contribution in [0.15, 0.2) is 36.4 Å². The molecule has 0 heterocycles. The van der Waals surface area contributed by atoms with Crippen LogP contribution in [0.1, 0.15) is 22.8 Å². The van der Waals surface area contributed by atoms with E-state index in [1.807, 2.05) is 32.0 Å². The molecule has 2 rings (SSSR count). The Bertz CT molecular complexity index is 613. The van der Waals surface area contributed by atoms with Gasteiger partial charge in [-0.3, -0.25) is 0 Å². The highest BCUT2D eigenvalue weighted by atomic mass is 19.2. The Morgan fingerprint density at radius 1 is 1.05 bits per heavy atom. The molecule has 0 amide bonds. The van der Waals surface area contributed by atoms with Crippen molar-refractivity contribution in [3.63, 3.8) is 0 Å². The van der Waals surface area contributed by atoms with Gasteiger partial charge >= 0.3 is 0 Å². The Morgan fingerprint density at radius 2 is 1.80 bits per heavy atom. The van der Waals surface area contributed by atoms with Crippen LogP contribution in [0.2, 0.25) is 0 Å². The zero-order chi connectivity index (χ0) is 14.7. The van der Waals surface area contributed by atoms with Crippen LogP contribution in [-0.2, 0) is 0 Å². The third kappa shape index (κ3) is 3.33. The predicted molar refractivity (Wildman–Crippen MR) is 75.7 cm³/mol. The van der Waals surface area contributed by atoms with Gasteiger partial charge in [0.05, 0.1) is 6.10 Å². The fourth-order valence-electron chi connectivity index (χ4n) is 1.97. The van der Waals surface area contributed by atoms with Crippen LogP contribution in [-0.4, -0.2) is 11.7 Å². The molecule has 2 aromatic carbocycles. The van der Waals surface area contributed by atoms with Gasteiger partial charge in [-0.2, -0.15) is 0 Å². The van der Waals surface area contributed by atoms with Crippen molar-refractivity contribution in [2.75, 3.05) is 11.9 Å². The number of halogens is 2. The molecule has 20 heavy (non-hydrogen) atoms. The van der Waals surface area contributed by atoms with Gasteiger partial charge in [-0.1, -0.05) is 18.2 Å². The van der Waals surface area contributed by atoms with Gasteiger partial charge in [0.15, 0.2) is 11.6 Å². The Labute approximate surface area is 117 Å². The first-order valence-electron chi connectivity index (χ1n) is 6.41. The maximum Gasteiger partial charge on any atom is 0.159 e. The lowest BCUT2D eigenvalue weighted by molar-refractivity contribution is 0.191. The molecule has 4 heteroatoms. The summed E-state index contributed by atoms with van der Waals surface area (Å²) >= 11 is 0. The highest BCUT2D eigenvalue weighted by molar-refractivity contribution is 5.52. The molecule has 0 aliphatic rings. The van der Waals surface area contributed by atoms with Gasteiger partial charge in [0.25, 0.3) is 0 Å². The zero-order valence-corrected chi connectivity index (χ0v) is 11.5. The van der Waals surface area contributed by atoms with Crippen molar-refractivity contribution in [3.8, 4) is 0 Å². The summed E-state index contributed by atoms with van der Waals surface area (Å²) in [4.78, 5) is 0. The van der Waals surface area contributed by atoms with Crippen LogP contribution >= 0.6 is 0 Å². The Hall–Kier alpha value is -1.94. The largest absolute Gasteiger partial charge is 0.387 e. The molecule has 2 aromatic rings. The molecule has 1 atom stereocenters. The molecule has 0 spiro atoms. The second-order valence-electron chi connectivity index (χ2n) is 4.89. The van der Waals surface area contributed by atoms with E-state index in [9.17, 15) is 13.9 Å². The number of aliphatic hydroxyl groups excluding tert-OH is 1. The van der Waals surface area contributed by atoms with E-state index in [1.165, 1.54) is 6.07 Å². The van der Waals surface area contributed by atoms with E-state index >= 15 is 0 Å². The predicted octanol–water partition coefficient (Wildman–Crippen LogP) is 3.73. The first kappa shape index (κ1) is 14.5. The molecule has 0 aliphatic carbocycles. The molecule has 0 saturated carbocycles. The summed E-state index contributed by atoms with van der Waals surface area (Å²) in [6, 6.07) is 9.39. The van der Waals surface area contributed by atoms with Crippen LogP contribution in [0.3, 0.4) is 0 Å². The molecule has 2 N–H and O–H groups in total. The van der Waals surface area contributed by atoms with Gasteiger partial charge in [-0.25, -0.2) is 8.78 Å².